The molecule has 0 radical (unpaired) electrons. The molecule has 0 aromatic heterocycles. The lowest BCUT2D eigenvalue weighted by atomic mass is 10.0. The molecule has 0 bridgehead atoms. The van der Waals surface area contributed by atoms with Crippen molar-refractivity contribution in [3.63, 3.8) is 0 Å². The number of methoxy groups -OCH3 is 2. The van der Waals surface area contributed by atoms with Crippen LogP contribution < -0.4 is 9.47 Å². The van der Waals surface area contributed by atoms with Gasteiger partial charge in [-0.1, -0.05) is 18.2 Å². The lowest BCUT2D eigenvalue weighted by Crippen LogP contribution is -1.98. The minimum atomic E-state index is 0.717. The summed E-state index contributed by atoms with van der Waals surface area (Å²) in [7, 11) is 5.34. The number of rotatable bonds is 2. The van der Waals surface area contributed by atoms with Gasteiger partial charge in [0.2, 0.25) is 0 Å². The van der Waals surface area contributed by atoms with Gasteiger partial charge in [-0.05, 0) is 12.1 Å². The molecule has 0 saturated heterocycles. The highest BCUT2D eigenvalue weighted by Gasteiger charge is 2.18. The van der Waals surface area contributed by atoms with Gasteiger partial charge in [0.15, 0.2) is 11.5 Å². The number of para-hydroxylation sites is 1. The fourth-order valence-corrected chi connectivity index (χ4v) is 3.06. The van der Waals surface area contributed by atoms with Gasteiger partial charge in [-0.25, -0.2) is 4.98 Å². The molecule has 0 fully saturated rings. The number of fused-ring (bicyclic) bond motifs is 5. The summed E-state index contributed by atoms with van der Waals surface area (Å²) >= 11 is 0. The van der Waals surface area contributed by atoms with Crippen LogP contribution in [0.2, 0.25) is 0 Å². The van der Waals surface area contributed by atoms with Crippen LogP contribution in [0, 0.1) is 0 Å². The quantitative estimate of drug-likeness (QED) is 0.563. The van der Waals surface area contributed by atoms with Crippen LogP contribution in [0.25, 0.3) is 33.1 Å². The maximum atomic E-state index is 5.45. The number of hydrogen-bond acceptors (Lipinski definition) is 3. The first-order valence-corrected chi connectivity index (χ1v) is 7.12. The summed E-state index contributed by atoms with van der Waals surface area (Å²) in [5.41, 5.74) is 4.22. The van der Waals surface area contributed by atoms with Gasteiger partial charge < -0.3 is 14.0 Å². The summed E-state index contributed by atoms with van der Waals surface area (Å²) in [6.07, 6.45) is 2.12. The standard InChI is InChI=1S/C18H16N2O2/c1-20-10-13-11-6-4-5-7-14(11)19-18(13)12-8-16(21-2)17(22-3)9-15(12)20/h4-10H,1-3H3. The van der Waals surface area contributed by atoms with Crippen LogP contribution in [0.1, 0.15) is 0 Å². The fraction of sp³-hybridized carbons (Fsp3) is 0.167. The number of pyridine rings is 1. The van der Waals surface area contributed by atoms with Crippen LogP contribution in [0.3, 0.4) is 0 Å². The van der Waals surface area contributed by atoms with Gasteiger partial charge in [0.1, 0.15) is 0 Å². The molecule has 2 aromatic carbocycles. The topological polar surface area (TPSA) is 36.3 Å². The van der Waals surface area contributed by atoms with E-state index in [-0.39, 0.29) is 0 Å². The number of aryl methyl sites for hydroxylation is 1. The summed E-state index contributed by atoms with van der Waals surface area (Å²) in [6, 6.07) is 12.2. The lowest BCUT2D eigenvalue weighted by molar-refractivity contribution is 0.355. The molecule has 0 N–H and O–H groups in total. The Morgan fingerprint density at radius 2 is 1.68 bits per heavy atom. The molecule has 2 aliphatic rings. The Bertz CT molecular complexity index is 972. The van der Waals surface area contributed by atoms with Crippen molar-refractivity contribution < 1.29 is 9.47 Å². The van der Waals surface area contributed by atoms with E-state index >= 15 is 0 Å². The first kappa shape index (κ1) is 13.0. The maximum absolute atomic E-state index is 5.45. The lowest BCUT2D eigenvalue weighted by Gasteiger charge is -2.14. The number of nitrogens with zero attached hydrogens (tertiary/aromatic N) is 2. The Kier molecular flexibility index (Phi) is 2.73. The average molecular weight is 292 g/mol. The summed E-state index contributed by atoms with van der Waals surface area (Å²) in [4.78, 5) is 4.81. The van der Waals surface area contributed by atoms with E-state index in [9.17, 15) is 0 Å². The van der Waals surface area contributed by atoms with E-state index in [2.05, 4.69) is 16.8 Å². The minimum absolute atomic E-state index is 0.717. The van der Waals surface area contributed by atoms with Gasteiger partial charge in [-0.3, -0.25) is 0 Å². The van der Waals surface area contributed by atoms with Crippen LogP contribution in [-0.2, 0) is 7.05 Å². The predicted molar refractivity (Wildman–Crippen MR) is 87.9 cm³/mol. The van der Waals surface area contributed by atoms with Crippen LogP contribution >= 0.6 is 0 Å². The zero-order valence-electron chi connectivity index (χ0n) is 12.8. The van der Waals surface area contributed by atoms with Gasteiger partial charge in [-0.2, -0.15) is 0 Å². The van der Waals surface area contributed by atoms with Gasteiger partial charge in [0.25, 0.3) is 0 Å². The van der Waals surface area contributed by atoms with Crippen LogP contribution in [0.4, 0.5) is 0 Å². The Labute approximate surface area is 128 Å². The summed E-state index contributed by atoms with van der Waals surface area (Å²) in [6.45, 7) is 0. The van der Waals surface area contributed by atoms with Gasteiger partial charge in [0, 0.05) is 35.6 Å². The minimum Gasteiger partial charge on any atom is -0.493 e. The first-order chi connectivity index (χ1) is 10.7. The highest BCUT2D eigenvalue weighted by atomic mass is 16.5. The molecule has 0 unspecified atom stereocenters. The van der Waals surface area contributed by atoms with Crippen molar-refractivity contribution in [1.82, 2.24) is 9.55 Å². The van der Waals surface area contributed by atoms with E-state index < -0.39 is 0 Å². The molecule has 0 saturated carbocycles. The van der Waals surface area contributed by atoms with E-state index in [1.165, 1.54) is 5.39 Å². The third-order valence-corrected chi connectivity index (χ3v) is 4.14. The third kappa shape index (κ3) is 1.67. The van der Waals surface area contributed by atoms with E-state index in [1.54, 1.807) is 14.2 Å². The van der Waals surface area contributed by atoms with Gasteiger partial charge >= 0.3 is 0 Å². The van der Waals surface area contributed by atoms with Crippen molar-refractivity contribution in [1.29, 1.82) is 0 Å². The van der Waals surface area contributed by atoms with Crippen molar-refractivity contribution in [3.8, 4) is 22.8 Å². The van der Waals surface area contributed by atoms with Crippen molar-refractivity contribution in [3.05, 3.63) is 42.6 Å². The van der Waals surface area contributed by atoms with Crippen molar-refractivity contribution in [2.75, 3.05) is 14.2 Å². The summed E-state index contributed by atoms with van der Waals surface area (Å²) in [5, 5.41) is 2.23. The van der Waals surface area contributed by atoms with Crippen LogP contribution in [-0.4, -0.2) is 23.8 Å². The molecular formula is C18H16N2O2. The molecule has 0 atom stereocenters. The summed E-state index contributed by atoms with van der Waals surface area (Å²) < 4.78 is 13.0. The molecule has 4 nitrogen and oxygen atoms in total. The van der Waals surface area contributed by atoms with Gasteiger partial charge in [-0.15, -0.1) is 0 Å². The predicted octanol–water partition coefficient (Wildman–Crippen LogP) is 3.85. The largest absolute Gasteiger partial charge is 0.493 e. The Balaban J connectivity index is 2.19. The SMILES string of the molecule is COc1cc2c3nc4ccccc4c-3cn(C)c2cc1OC. The van der Waals surface area contributed by atoms with Gasteiger partial charge in [0.05, 0.1) is 30.9 Å². The molecule has 4 heteroatoms. The maximum Gasteiger partial charge on any atom is 0.162 e. The third-order valence-electron chi connectivity index (χ3n) is 4.14. The highest BCUT2D eigenvalue weighted by molar-refractivity contribution is 6.06. The number of ether oxygens (including phenoxy) is 2. The second-order valence-electron chi connectivity index (χ2n) is 5.36. The van der Waals surface area contributed by atoms with E-state index in [0.29, 0.717) is 0 Å². The summed E-state index contributed by atoms with van der Waals surface area (Å²) in [5.74, 6) is 1.44. The normalized spacial score (nSPS) is 11.4. The smallest absolute Gasteiger partial charge is 0.162 e. The molecule has 0 spiro atoms. The zero-order chi connectivity index (χ0) is 15.3. The number of aromatic nitrogens is 2. The molecule has 22 heavy (non-hydrogen) atoms. The van der Waals surface area contributed by atoms with Crippen molar-refractivity contribution >= 4 is 21.8 Å². The van der Waals surface area contributed by atoms with Crippen LogP contribution in [0.5, 0.6) is 11.5 Å². The van der Waals surface area contributed by atoms with Crippen molar-refractivity contribution in [2.24, 2.45) is 7.05 Å². The molecule has 2 heterocycles. The monoisotopic (exact) mass is 292 g/mol. The Morgan fingerprint density at radius 1 is 0.955 bits per heavy atom. The second-order valence-corrected chi connectivity index (χ2v) is 5.36. The first-order valence-electron chi connectivity index (χ1n) is 7.12. The van der Waals surface area contributed by atoms with Crippen LogP contribution in [0.15, 0.2) is 42.6 Å². The zero-order valence-corrected chi connectivity index (χ0v) is 12.8. The Morgan fingerprint density at radius 3 is 2.45 bits per heavy atom. The Hall–Kier alpha value is -2.75. The second kappa shape index (κ2) is 4.63. The van der Waals surface area contributed by atoms with E-state index in [1.807, 2.05) is 37.4 Å². The number of benzene rings is 2. The average Bonchev–Trinajstić information content (AvgIpc) is 2.92. The molecule has 2 aromatic rings. The molecule has 110 valence electrons. The molecular weight excluding hydrogens is 276 g/mol. The molecule has 4 rings (SSSR count). The van der Waals surface area contributed by atoms with E-state index in [4.69, 9.17) is 14.5 Å². The molecule has 0 amide bonds. The molecule has 2 aliphatic heterocycles. The number of hydrogen-bond donors (Lipinski definition) is 0. The molecule has 0 aliphatic carbocycles. The fourth-order valence-electron chi connectivity index (χ4n) is 3.06. The van der Waals surface area contributed by atoms with E-state index in [0.717, 1.165) is 39.2 Å². The highest BCUT2D eigenvalue weighted by Crippen LogP contribution is 2.40. The van der Waals surface area contributed by atoms with Crippen molar-refractivity contribution in [2.45, 2.75) is 0 Å².